The lowest BCUT2D eigenvalue weighted by Gasteiger charge is -2.22. The van der Waals surface area contributed by atoms with Gasteiger partial charge < -0.3 is 0 Å². The molecule has 1 atom stereocenters. The van der Waals surface area contributed by atoms with Crippen molar-refractivity contribution in [1.29, 1.82) is 0 Å². The first-order valence-corrected chi connectivity index (χ1v) is 6.37. The van der Waals surface area contributed by atoms with Crippen molar-refractivity contribution in [3.05, 3.63) is 30.1 Å². The molecule has 1 aromatic rings. The summed E-state index contributed by atoms with van der Waals surface area (Å²) in [5.74, 6) is 0.590. The summed E-state index contributed by atoms with van der Waals surface area (Å²) in [6, 6.07) is 2.18. The Morgan fingerprint density at radius 1 is 1.56 bits per heavy atom. The van der Waals surface area contributed by atoms with Crippen LogP contribution in [-0.4, -0.2) is 15.7 Å². The third kappa shape index (κ3) is 2.88. The number of aromatic nitrogens is 2. The zero-order valence-corrected chi connectivity index (χ0v) is 11.2. The van der Waals surface area contributed by atoms with Crippen LogP contribution >= 0.6 is 11.6 Å². The highest BCUT2D eigenvalue weighted by molar-refractivity contribution is 6.18. The molecule has 0 saturated heterocycles. The van der Waals surface area contributed by atoms with Gasteiger partial charge in [0.05, 0.1) is 5.69 Å². The lowest BCUT2D eigenvalue weighted by Crippen LogP contribution is -2.20. The molecule has 1 aromatic heterocycles. The van der Waals surface area contributed by atoms with Gasteiger partial charge in [-0.05, 0) is 25.8 Å². The van der Waals surface area contributed by atoms with Crippen LogP contribution in [0.4, 0.5) is 0 Å². The molecule has 1 rings (SSSR count). The summed E-state index contributed by atoms with van der Waals surface area (Å²) in [4.78, 5) is 0. The Hall–Kier alpha value is -0.760. The van der Waals surface area contributed by atoms with Crippen LogP contribution in [0.3, 0.4) is 0 Å². The number of hydrogen-bond acceptors (Lipinski definition) is 1. The molecule has 0 spiro atoms. The van der Waals surface area contributed by atoms with Gasteiger partial charge in [-0.2, -0.15) is 5.10 Å². The van der Waals surface area contributed by atoms with Crippen molar-refractivity contribution in [3.8, 4) is 0 Å². The normalized spacial score (nSPS) is 14.8. The highest BCUT2D eigenvalue weighted by Crippen LogP contribution is 2.26. The first kappa shape index (κ1) is 13.3. The topological polar surface area (TPSA) is 17.8 Å². The fraction of sp³-hybridized carbons (Fsp3) is 0.615. The van der Waals surface area contributed by atoms with Crippen LogP contribution in [0.5, 0.6) is 0 Å². The first-order valence-electron chi connectivity index (χ1n) is 5.83. The maximum atomic E-state index is 5.99. The van der Waals surface area contributed by atoms with E-state index < -0.39 is 0 Å². The van der Waals surface area contributed by atoms with Gasteiger partial charge in [0.25, 0.3) is 0 Å². The van der Waals surface area contributed by atoms with Gasteiger partial charge in [-0.3, -0.25) is 4.68 Å². The molecular weight excluding hydrogens is 220 g/mol. The zero-order valence-electron chi connectivity index (χ0n) is 10.5. The van der Waals surface area contributed by atoms with Gasteiger partial charge in [0.15, 0.2) is 0 Å². The van der Waals surface area contributed by atoms with Gasteiger partial charge in [0.2, 0.25) is 0 Å². The SMILES string of the molecule is C=CC(C)(CCl)Cc1cc(CC)nn1CC. The van der Waals surface area contributed by atoms with Gasteiger partial charge in [0.1, 0.15) is 0 Å². The Morgan fingerprint density at radius 2 is 2.25 bits per heavy atom. The van der Waals surface area contributed by atoms with E-state index in [9.17, 15) is 0 Å². The summed E-state index contributed by atoms with van der Waals surface area (Å²) in [7, 11) is 0. The lowest BCUT2D eigenvalue weighted by molar-refractivity contribution is 0.458. The second-order valence-electron chi connectivity index (χ2n) is 4.46. The van der Waals surface area contributed by atoms with E-state index in [0.29, 0.717) is 5.88 Å². The van der Waals surface area contributed by atoms with Gasteiger partial charge >= 0.3 is 0 Å². The number of halogens is 1. The molecule has 0 bridgehead atoms. The second kappa shape index (κ2) is 5.53. The van der Waals surface area contributed by atoms with Gasteiger partial charge in [0, 0.05) is 23.5 Å². The Kier molecular flexibility index (Phi) is 4.60. The molecule has 0 aliphatic carbocycles. The average molecular weight is 241 g/mol. The fourth-order valence-electron chi connectivity index (χ4n) is 1.69. The molecule has 0 aliphatic heterocycles. The highest BCUT2D eigenvalue weighted by Gasteiger charge is 2.22. The van der Waals surface area contributed by atoms with Crippen molar-refractivity contribution in [2.75, 3.05) is 5.88 Å². The fourth-order valence-corrected chi connectivity index (χ4v) is 1.90. The molecule has 0 radical (unpaired) electrons. The zero-order chi connectivity index (χ0) is 12.2. The maximum absolute atomic E-state index is 5.99. The molecule has 2 nitrogen and oxygen atoms in total. The van der Waals surface area contributed by atoms with Crippen LogP contribution in [0.1, 0.15) is 32.2 Å². The molecule has 0 amide bonds. The van der Waals surface area contributed by atoms with Crippen LogP contribution in [0.15, 0.2) is 18.7 Å². The smallest absolute Gasteiger partial charge is 0.0624 e. The minimum atomic E-state index is -0.0421. The van der Waals surface area contributed by atoms with Crippen molar-refractivity contribution in [2.45, 2.75) is 40.2 Å². The Morgan fingerprint density at radius 3 is 2.69 bits per heavy atom. The van der Waals surface area contributed by atoms with E-state index in [-0.39, 0.29) is 5.41 Å². The number of aryl methyl sites for hydroxylation is 2. The molecule has 90 valence electrons. The summed E-state index contributed by atoms with van der Waals surface area (Å²) in [5.41, 5.74) is 2.36. The van der Waals surface area contributed by atoms with E-state index in [1.165, 1.54) is 5.69 Å². The largest absolute Gasteiger partial charge is 0.270 e. The second-order valence-corrected chi connectivity index (χ2v) is 4.73. The van der Waals surface area contributed by atoms with Gasteiger partial charge in [-0.25, -0.2) is 0 Å². The minimum absolute atomic E-state index is 0.0421. The Balaban J connectivity index is 2.94. The van der Waals surface area contributed by atoms with E-state index in [4.69, 9.17) is 11.6 Å². The maximum Gasteiger partial charge on any atom is 0.0624 e. The van der Waals surface area contributed by atoms with Crippen LogP contribution in [0.2, 0.25) is 0 Å². The van der Waals surface area contributed by atoms with E-state index in [2.05, 4.69) is 43.2 Å². The molecule has 3 heteroatoms. The molecule has 1 unspecified atom stereocenters. The molecule has 1 heterocycles. The molecule has 0 aromatic carbocycles. The number of nitrogens with zero attached hydrogens (tertiary/aromatic N) is 2. The molecule has 0 N–H and O–H groups in total. The third-order valence-electron chi connectivity index (χ3n) is 2.96. The van der Waals surface area contributed by atoms with Crippen molar-refractivity contribution < 1.29 is 0 Å². The van der Waals surface area contributed by atoms with Crippen LogP contribution < -0.4 is 0 Å². The van der Waals surface area contributed by atoms with E-state index in [1.807, 2.05) is 6.08 Å². The van der Waals surface area contributed by atoms with Crippen molar-refractivity contribution in [3.63, 3.8) is 0 Å². The minimum Gasteiger partial charge on any atom is -0.270 e. The number of rotatable bonds is 6. The number of hydrogen-bond donors (Lipinski definition) is 0. The monoisotopic (exact) mass is 240 g/mol. The lowest BCUT2D eigenvalue weighted by atomic mass is 9.87. The summed E-state index contributed by atoms with van der Waals surface area (Å²) in [6.07, 6.45) is 3.82. The van der Waals surface area contributed by atoms with Gasteiger partial charge in [-0.1, -0.05) is 19.9 Å². The highest BCUT2D eigenvalue weighted by atomic mass is 35.5. The predicted molar refractivity (Wildman–Crippen MR) is 70.0 cm³/mol. The number of allylic oxidation sites excluding steroid dienone is 1. The predicted octanol–water partition coefficient (Wildman–Crippen LogP) is 3.44. The van der Waals surface area contributed by atoms with Crippen LogP contribution in [0, 0.1) is 5.41 Å². The first-order chi connectivity index (χ1) is 7.58. The summed E-state index contributed by atoms with van der Waals surface area (Å²) < 4.78 is 2.06. The third-order valence-corrected chi connectivity index (χ3v) is 3.57. The van der Waals surface area contributed by atoms with Crippen LogP contribution in [0.25, 0.3) is 0 Å². The van der Waals surface area contributed by atoms with Crippen molar-refractivity contribution in [1.82, 2.24) is 9.78 Å². The van der Waals surface area contributed by atoms with Crippen molar-refractivity contribution >= 4 is 11.6 Å². The molecule has 0 saturated carbocycles. The molecular formula is C13H21ClN2. The van der Waals surface area contributed by atoms with E-state index >= 15 is 0 Å². The Labute approximate surface area is 103 Å². The molecule has 0 fully saturated rings. The quantitative estimate of drug-likeness (QED) is 0.550. The van der Waals surface area contributed by atoms with Crippen molar-refractivity contribution in [2.24, 2.45) is 5.41 Å². The summed E-state index contributed by atoms with van der Waals surface area (Å²) >= 11 is 5.99. The number of alkyl halides is 1. The van der Waals surface area contributed by atoms with E-state index in [1.54, 1.807) is 0 Å². The average Bonchev–Trinajstić information content (AvgIpc) is 2.71. The molecule has 16 heavy (non-hydrogen) atoms. The van der Waals surface area contributed by atoms with E-state index in [0.717, 1.165) is 25.1 Å². The van der Waals surface area contributed by atoms with Crippen LogP contribution in [-0.2, 0) is 19.4 Å². The molecule has 0 aliphatic rings. The van der Waals surface area contributed by atoms with Gasteiger partial charge in [-0.15, -0.1) is 18.2 Å². The summed E-state index contributed by atoms with van der Waals surface area (Å²) in [6.45, 7) is 11.1. The standard InChI is InChI=1S/C13H21ClN2/c1-5-11-8-12(16(7-3)15-11)9-13(4,6-2)10-14/h6,8H,2,5,7,9-10H2,1,3-4H3. The Bertz CT molecular complexity index is 357. The summed E-state index contributed by atoms with van der Waals surface area (Å²) in [5, 5.41) is 4.54.